The molecule has 3 rings (SSSR count). The highest BCUT2D eigenvalue weighted by atomic mass is 19.1. The van der Waals surface area contributed by atoms with E-state index >= 15 is 0 Å². The molecule has 0 unspecified atom stereocenters. The number of nitrogens with one attached hydrogen (secondary N) is 1. The van der Waals surface area contributed by atoms with Gasteiger partial charge in [-0.25, -0.2) is 4.39 Å². The molecule has 0 fully saturated rings. The molecule has 1 aliphatic rings. The van der Waals surface area contributed by atoms with Crippen LogP contribution in [-0.2, 0) is 4.79 Å². The zero-order valence-corrected chi connectivity index (χ0v) is 12.9. The summed E-state index contributed by atoms with van der Waals surface area (Å²) < 4.78 is 12.9. The van der Waals surface area contributed by atoms with Gasteiger partial charge in [-0.15, -0.1) is 0 Å². The molecule has 0 saturated carbocycles. The zero-order valence-electron chi connectivity index (χ0n) is 12.9. The Hall–Kier alpha value is -2.69. The smallest absolute Gasteiger partial charge is 0.283 e. The van der Waals surface area contributed by atoms with Crippen LogP contribution in [0.3, 0.4) is 0 Å². The first kappa shape index (κ1) is 15.2. The normalized spacial score (nSPS) is 12.8. The van der Waals surface area contributed by atoms with E-state index in [9.17, 15) is 14.0 Å². The lowest BCUT2D eigenvalue weighted by Crippen LogP contribution is -2.27. The molecule has 1 N–H and O–H groups in total. The Morgan fingerprint density at radius 3 is 2.78 bits per heavy atom. The molecule has 0 spiro atoms. The summed E-state index contributed by atoms with van der Waals surface area (Å²) in [5.74, 6) is -1.95. The van der Waals surface area contributed by atoms with Gasteiger partial charge in [-0.05, 0) is 24.6 Å². The summed E-state index contributed by atoms with van der Waals surface area (Å²) in [5.41, 5.74) is 1.93. The van der Waals surface area contributed by atoms with Crippen LogP contribution in [0.5, 0.6) is 0 Å². The van der Waals surface area contributed by atoms with Gasteiger partial charge in [-0.2, -0.15) is 0 Å². The van der Waals surface area contributed by atoms with Crippen molar-refractivity contribution in [3.8, 4) is 0 Å². The van der Waals surface area contributed by atoms with Crippen molar-refractivity contribution in [2.24, 2.45) is 0 Å². The average Bonchev–Trinajstić information content (AvgIpc) is 2.81. The van der Waals surface area contributed by atoms with Gasteiger partial charge in [0, 0.05) is 28.6 Å². The number of carbonyl (C=O) groups is 2. The van der Waals surface area contributed by atoms with Crippen LogP contribution in [0, 0.1) is 0 Å². The minimum Gasteiger partial charge on any atom is -0.319 e. The first-order valence-corrected chi connectivity index (χ1v) is 7.58. The van der Waals surface area contributed by atoms with Gasteiger partial charge < -0.3 is 10.2 Å². The topological polar surface area (TPSA) is 49.4 Å². The van der Waals surface area contributed by atoms with Gasteiger partial charge >= 0.3 is 0 Å². The van der Waals surface area contributed by atoms with E-state index in [2.05, 4.69) is 18.8 Å². The summed E-state index contributed by atoms with van der Waals surface area (Å²) in [7, 11) is 0. The molecule has 2 aromatic rings. The minimum absolute atomic E-state index is 0.0302. The van der Waals surface area contributed by atoms with Crippen molar-refractivity contribution in [3.05, 3.63) is 48.3 Å². The maximum absolute atomic E-state index is 12.9. The van der Waals surface area contributed by atoms with Crippen LogP contribution in [0.15, 0.2) is 42.7 Å². The SMILES string of the molecule is C=C(F)C(=O)Nc1ccc2c3c(cccc13)C(=O)N2CCCC. The Kier molecular flexibility index (Phi) is 3.86. The molecule has 1 aliphatic heterocycles. The van der Waals surface area contributed by atoms with Crippen molar-refractivity contribution >= 4 is 34.0 Å². The van der Waals surface area contributed by atoms with Crippen LogP contribution >= 0.6 is 0 Å². The number of hydrogen-bond donors (Lipinski definition) is 1. The lowest BCUT2D eigenvalue weighted by Gasteiger charge is -2.17. The minimum atomic E-state index is -1.05. The fourth-order valence-corrected chi connectivity index (χ4v) is 2.88. The van der Waals surface area contributed by atoms with Gasteiger partial charge in [0.1, 0.15) is 0 Å². The first-order valence-electron chi connectivity index (χ1n) is 7.58. The quantitative estimate of drug-likeness (QED) is 0.848. The summed E-state index contributed by atoms with van der Waals surface area (Å²) in [6.45, 7) is 5.73. The first-order chi connectivity index (χ1) is 11.0. The number of rotatable bonds is 5. The van der Waals surface area contributed by atoms with E-state index in [4.69, 9.17) is 0 Å². The van der Waals surface area contributed by atoms with Gasteiger partial charge in [0.25, 0.3) is 11.8 Å². The molecule has 2 amide bonds. The highest BCUT2D eigenvalue weighted by molar-refractivity contribution is 6.27. The summed E-state index contributed by atoms with van der Waals surface area (Å²) in [6, 6.07) is 8.85. The molecule has 4 nitrogen and oxygen atoms in total. The van der Waals surface area contributed by atoms with E-state index in [1.54, 1.807) is 29.2 Å². The molecule has 2 aromatic carbocycles. The van der Waals surface area contributed by atoms with Gasteiger partial charge in [-0.1, -0.05) is 32.1 Å². The molecule has 1 heterocycles. The Morgan fingerprint density at radius 1 is 1.30 bits per heavy atom. The number of unbranched alkanes of at least 4 members (excludes halogenated alkanes) is 1. The van der Waals surface area contributed by atoms with Crippen LogP contribution in [0.2, 0.25) is 0 Å². The van der Waals surface area contributed by atoms with Gasteiger partial charge in [0.2, 0.25) is 0 Å². The van der Waals surface area contributed by atoms with Crippen molar-refractivity contribution in [2.45, 2.75) is 19.8 Å². The molecule has 23 heavy (non-hydrogen) atoms. The molecule has 5 heteroatoms. The van der Waals surface area contributed by atoms with Crippen LogP contribution in [0.4, 0.5) is 15.8 Å². The van der Waals surface area contributed by atoms with E-state index in [0.29, 0.717) is 17.8 Å². The standard InChI is InChI=1S/C18H17FN2O2/c1-3-4-10-21-15-9-8-14(20-17(22)11(2)19)12-6-5-7-13(16(12)15)18(21)23/h5-9H,2-4,10H2,1H3,(H,20,22). The third-order valence-corrected chi connectivity index (χ3v) is 4.01. The van der Waals surface area contributed by atoms with Crippen molar-refractivity contribution in [2.75, 3.05) is 16.8 Å². The monoisotopic (exact) mass is 312 g/mol. The van der Waals surface area contributed by atoms with E-state index in [1.165, 1.54) is 0 Å². The third kappa shape index (κ3) is 2.48. The lowest BCUT2D eigenvalue weighted by molar-refractivity contribution is -0.114. The number of carbonyl (C=O) groups excluding carboxylic acids is 2. The van der Waals surface area contributed by atoms with E-state index < -0.39 is 11.7 Å². The number of amides is 2. The lowest BCUT2D eigenvalue weighted by atomic mass is 10.0. The van der Waals surface area contributed by atoms with Crippen LogP contribution in [-0.4, -0.2) is 18.4 Å². The predicted octanol–water partition coefficient (Wildman–Crippen LogP) is 4.02. The molecular weight excluding hydrogens is 295 g/mol. The van der Waals surface area contributed by atoms with Crippen molar-refractivity contribution < 1.29 is 14.0 Å². The van der Waals surface area contributed by atoms with Gasteiger partial charge in [0.05, 0.1) is 5.69 Å². The Morgan fingerprint density at radius 2 is 2.09 bits per heavy atom. The third-order valence-electron chi connectivity index (χ3n) is 4.01. The average molecular weight is 312 g/mol. The summed E-state index contributed by atoms with van der Waals surface area (Å²) in [5, 5.41) is 4.02. The molecule has 0 radical (unpaired) electrons. The fraction of sp³-hybridized carbons (Fsp3) is 0.222. The molecule has 0 bridgehead atoms. The number of hydrogen-bond acceptors (Lipinski definition) is 2. The summed E-state index contributed by atoms with van der Waals surface area (Å²) in [6.07, 6.45) is 1.91. The molecule has 0 atom stereocenters. The Bertz CT molecular complexity index is 829. The second kappa shape index (κ2) is 5.83. The Labute approximate surface area is 133 Å². The zero-order chi connectivity index (χ0) is 16.6. The second-order valence-corrected chi connectivity index (χ2v) is 5.53. The van der Waals surface area contributed by atoms with Gasteiger partial charge in [-0.3, -0.25) is 9.59 Å². The maximum Gasteiger partial charge on any atom is 0.283 e. The van der Waals surface area contributed by atoms with Crippen molar-refractivity contribution in [1.82, 2.24) is 0 Å². The Balaban J connectivity index is 2.10. The summed E-state index contributed by atoms with van der Waals surface area (Å²) >= 11 is 0. The number of nitrogens with zero attached hydrogens (tertiary/aromatic N) is 1. The summed E-state index contributed by atoms with van der Waals surface area (Å²) in [4.78, 5) is 25.9. The largest absolute Gasteiger partial charge is 0.319 e. The fourth-order valence-electron chi connectivity index (χ4n) is 2.88. The van der Waals surface area contributed by atoms with Crippen LogP contribution in [0.1, 0.15) is 30.1 Å². The van der Waals surface area contributed by atoms with Crippen molar-refractivity contribution in [3.63, 3.8) is 0 Å². The molecule has 0 aromatic heterocycles. The molecular formula is C18H17FN2O2. The predicted molar refractivity (Wildman–Crippen MR) is 89.4 cm³/mol. The highest BCUT2D eigenvalue weighted by Crippen LogP contribution is 2.40. The molecule has 0 saturated heterocycles. The number of anilines is 2. The maximum atomic E-state index is 12.9. The van der Waals surface area contributed by atoms with E-state index in [0.717, 1.165) is 29.3 Å². The molecule has 0 aliphatic carbocycles. The van der Waals surface area contributed by atoms with Crippen LogP contribution in [0.25, 0.3) is 10.8 Å². The van der Waals surface area contributed by atoms with Gasteiger partial charge in [0.15, 0.2) is 5.83 Å². The van der Waals surface area contributed by atoms with E-state index in [-0.39, 0.29) is 5.91 Å². The molecule has 118 valence electrons. The number of benzene rings is 2. The second-order valence-electron chi connectivity index (χ2n) is 5.53. The van der Waals surface area contributed by atoms with E-state index in [1.807, 2.05) is 6.07 Å². The highest BCUT2D eigenvalue weighted by Gasteiger charge is 2.30. The number of halogens is 1. The van der Waals surface area contributed by atoms with Crippen molar-refractivity contribution in [1.29, 1.82) is 0 Å². The van der Waals surface area contributed by atoms with Crippen LogP contribution < -0.4 is 10.2 Å².